The first-order chi connectivity index (χ1) is 6.69. The van der Waals surface area contributed by atoms with E-state index in [-0.39, 0.29) is 0 Å². The monoisotopic (exact) mass is 197 g/mol. The number of nitrogens with one attached hydrogen (secondary N) is 1. The predicted octanol–water partition coefficient (Wildman–Crippen LogP) is 1.97. The molecule has 1 unspecified atom stereocenters. The molecule has 0 saturated heterocycles. The molecule has 0 amide bonds. The Hall–Kier alpha value is -0.570. The van der Waals surface area contributed by atoms with Gasteiger partial charge < -0.3 is 5.73 Å². The van der Waals surface area contributed by atoms with E-state index in [0.717, 1.165) is 25.4 Å². The van der Waals surface area contributed by atoms with Crippen LogP contribution < -0.4 is 5.73 Å². The summed E-state index contributed by atoms with van der Waals surface area (Å²) in [7, 11) is 0. The minimum atomic E-state index is 0.332. The first-order valence-corrected chi connectivity index (χ1v) is 5.77. The predicted molar refractivity (Wildman–Crippen MR) is 60.6 cm³/mol. The molecule has 1 fully saturated rings. The molecule has 0 aliphatic heterocycles. The SMILES string of the molecule is CCCN(C1CC1)C(CC)CC(=N)N. The Labute approximate surface area is 87.2 Å². The van der Waals surface area contributed by atoms with Crippen molar-refractivity contribution < 1.29 is 0 Å². The second kappa shape index (κ2) is 5.35. The minimum Gasteiger partial charge on any atom is -0.388 e. The smallest absolute Gasteiger partial charge is 0.0921 e. The molecule has 0 aromatic carbocycles. The van der Waals surface area contributed by atoms with E-state index in [4.69, 9.17) is 11.1 Å². The molecule has 0 spiro atoms. The van der Waals surface area contributed by atoms with E-state index in [9.17, 15) is 0 Å². The quantitative estimate of drug-likeness (QED) is 0.484. The van der Waals surface area contributed by atoms with Gasteiger partial charge in [-0.2, -0.15) is 0 Å². The van der Waals surface area contributed by atoms with Gasteiger partial charge in [0.1, 0.15) is 0 Å². The lowest BCUT2D eigenvalue weighted by Gasteiger charge is -2.30. The lowest BCUT2D eigenvalue weighted by atomic mass is 10.1. The van der Waals surface area contributed by atoms with E-state index >= 15 is 0 Å². The van der Waals surface area contributed by atoms with Crippen LogP contribution in [0, 0.1) is 5.41 Å². The van der Waals surface area contributed by atoms with Crippen molar-refractivity contribution >= 4 is 5.84 Å². The normalized spacial score (nSPS) is 18.5. The Morgan fingerprint density at radius 2 is 2.14 bits per heavy atom. The molecular formula is C11H23N3. The Morgan fingerprint density at radius 3 is 2.50 bits per heavy atom. The first-order valence-electron chi connectivity index (χ1n) is 5.77. The molecule has 3 nitrogen and oxygen atoms in total. The molecule has 1 saturated carbocycles. The van der Waals surface area contributed by atoms with Gasteiger partial charge in [-0.15, -0.1) is 0 Å². The van der Waals surface area contributed by atoms with Crippen molar-refractivity contribution in [1.82, 2.24) is 4.90 Å². The third-order valence-corrected chi connectivity index (χ3v) is 2.89. The fourth-order valence-electron chi connectivity index (χ4n) is 2.08. The highest BCUT2D eigenvalue weighted by atomic mass is 15.2. The molecule has 0 aromatic rings. The van der Waals surface area contributed by atoms with Gasteiger partial charge in [0.25, 0.3) is 0 Å². The second-order valence-electron chi connectivity index (χ2n) is 4.26. The molecule has 1 aliphatic rings. The molecule has 14 heavy (non-hydrogen) atoms. The molecule has 0 aromatic heterocycles. The van der Waals surface area contributed by atoms with Gasteiger partial charge in [-0.1, -0.05) is 13.8 Å². The summed E-state index contributed by atoms with van der Waals surface area (Å²) in [4.78, 5) is 2.56. The molecule has 82 valence electrons. The third kappa shape index (κ3) is 3.29. The van der Waals surface area contributed by atoms with Gasteiger partial charge in [0.15, 0.2) is 0 Å². The Bertz CT molecular complexity index is 187. The second-order valence-corrected chi connectivity index (χ2v) is 4.26. The van der Waals surface area contributed by atoms with Gasteiger partial charge in [0, 0.05) is 18.5 Å². The molecule has 0 bridgehead atoms. The number of amidine groups is 1. The summed E-state index contributed by atoms with van der Waals surface area (Å²) in [6.07, 6.45) is 5.73. The summed E-state index contributed by atoms with van der Waals surface area (Å²) >= 11 is 0. The Kier molecular flexibility index (Phi) is 4.39. The average molecular weight is 197 g/mol. The van der Waals surface area contributed by atoms with E-state index in [2.05, 4.69) is 18.7 Å². The van der Waals surface area contributed by atoms with E-state index in [1.165, 1.54) is 19.3 Å². The molecular weight excluding hydrogens is 174 g/mol. The van der Waals surface area contributed by atoms with Crippen molar-refractivity contribution in [3.8, 4) is 0 Å². The van der Waals surface area contributed by atoms with Crippen molar-refractivity contribution in [2.24, 2.45) is 5.73 Å². The number of rotatable bonds is 7. The van der Waals surface area contributed by atoms with Crippen LogP contribution in [0.4, 0.5) is 0 Å². The lowest BCUT2D eigenvalue weighted by molar-refractivity contribution is 0.185. The van der Waals surface area contributed by atoms with Crippen LogP contribution in [0.2, 0.25) is 0 Å². The molecule has 3 N–H and O–H groups in total. The van der Waals surface area contributed by atoms with E-state index < -0.39 is 0 Å². The highest BCUT2D eigenvalue weighted by Gasteiger charge is 2.32. The Balaban J connectivity index is 2.48. The van der Waals surface area contributed by atoms with Gasteiger partial charge in [-0.05, 0) is 32.2 Å². The fourth-order valence-corrected chi connectivity index (χ4v) is 2.08. The van der Waals surface area contributed by atoms with Crippen molar-refractivity contribution in [2.75, 3.05) is 6.54 Å². The molecule has 1 aliphatic carbocycles. The molecule has 0 radical (unpaired) electrons. The summed E-state index contributed by atoms with van der Waals surface area (Å²) in [5.74, 6) is 0.332. The van der Waals surface area contributed by atoms with E-state index in [0.29, 0.717) is 11.9 Å². The van der Waals surface area contributed by atoms with Crippen molar-refractivity contribution in [2.45, 2.75) is 58.0 Å². The third-order valence-electron chi connectivity index (χ3n) is 2.89. The van der Waals surface area contributed by atoms with Crippen LogP contribution in [0.5, 0.6) is 0 Å². The summed E-state index contributed by atoms with van der Waals surface area (Å²) < 4.78 is 0. The zero-order valence-electron chi connectivity index (χ0n) is 9.42. The maximum atomic E-state index is 7.37. The van der Waals surface area contributed by atoms with Crippen LogP contribution in [0.15, 0.2) is 0 Å². The largest absolute Gasteiger partial charge is 0.388 e. The number of hydrogen-bond acceptors (Lipinski definition) is 2. The summed E-state index contributed by atoms with van der Waals surface area (Å²) in [6, 6.07) is 1.29. The number of hydrogen-bond donors (Lipinski definition) is 2. The summed E-state index contributed by atoms with van der Waals surface area (Å²) in [5.41, 5.74) is 5.48. The van der Waals surface area contributed by atoms with Gasteiger partial charge >= 0.3 is 0 Å². The number of nitrogens with zero attached hydrogens (tertiary/aromatic N) is 1. The highest BCUT2D eigenvalue weighted by Crippen LogP contribution is 2.30. The molecule has 1 rings (SSSR count). The van der Waals surface area contributed by atoms with Crippen LogP contribution >= 0.6 is 0 Å². The Morgan fingerprint density at radius 1 is 1.50 bits per heavy atom. The van der Waals surface area contributed by atoms with Crippen molar-refractivity contribution in [3.05, 3.63) is 0 Å². The fraction of sp³-hybridized carbons (Fsp3) is 0.909. The van der Waals surface area contributed by atoms with E-state index in [1.807, 2.05) is 0 Å². The minimum absolute atomic E-state index is 0.332. The van der Waals surface area contributed by atoms with Gasteiger partial charge in [-0.25, -0.2) is 0 Å². The van der Waals surface area contributed by atoms with Crippen LogP contribution in [0.3, 0.4) is 0 Å². The van der Waals surface area contributed by atoms with Gasteiger partial charge in [0.2, 0.25) is 0 Å². The van der Waals surface area contributed by atoms with Crippen molar-refractivity contribution in [3.63, 3.8) is 0 Å². The van der Waals surface area contributed by atoms with Crippen molar-refractivity contribution in [1.29, 1.82) is 5.41 Å². The average Bonchev–Trinajstić information content (AvgIpc) is 2.93. The summed E-state index contributed by atoms with van der Waals surface area (Å²) in [5, 5.41) is 7.37. The van der Waals surface area contributed by atoms with E-state index in [1.54, 1.807) is 0 Å². The maximum Gasteiger partial charge on any atom is 0.0921 e. The van der Waals surface area contributed by atoms with Gasteiger partial charge in [-0.3, -0.25) is 10.3 Å². The lowest BCUT2D eigenvalue weighted by Crippen LogP contribution is -2.39. The topological polar surface area (TPSA) is 53.1 Å². The zero-order chi connectivity index (χ0) is 10.6. The highest BCUT2D eigenvalue weighted by molar-refractivity contribution is 5.77. The van der Waals surface area contributed by atoms with Crippen LogP contribution in [-0.2, 0) is 0 Å². The van der Waals surface area contributed by atoms with Gasteiger partial charge in [0.05, 0.1) is 5.84 Å². The molecule has 0 heterocycles. The standard InChI is InChI=1S/C11H23N3/c1-3-7-14(10-5-6-10)9(4-2)8-11(12)13/h9-10H,3-8H2,1-2H3,(H3,12,13). The molecule has 1 atom stereocenters. The van der Waals surface area contributed by atoms with Crippen LogP contribution in [0.1, 0.15) is 46.0 Å². The molecule has 3 heteroatoms. The van der Waals surface area contributed by atoms with Crippen LogP contribution in [0.25, 0.3) is 0 Å². The first kappa shape index (κ1) is 11.5. The summed E-state index contributed by atoms with van der Waals surface area (Å²) in [6.45, 7) is 5.57. The zero-order valence-corrected chi connectivity index (χ0v) is 9.42. The maximum absolute atomic E-state index is 7.37. The van der Waals surface area contributed by atoms with Crippen LogP contribution in [-0.4, -0.2) is 29.4 Å². The number of nitrogens with two attached hydrogens (primary N) is 1.